The highest BCUT2D eigenvalue weighted by Crippen LogP contribution is 2.22. The summed E-state index contributed by atoms with van der Waals surface area (Å²) in [5, 5.41) is 3.62. The molecule has 140 valence electrons. The molecule has 2 heterocycles. The minimum atomic E-state index is 0. The number of ether oxygens (including phenoxy) is 1. The first-order valence-corrected chi connectivity index (χ1v) is 9.12. The van der Waals surface area contributed by atoms with Crippen LogP contribution >= 0.6 is 24.0 Å². The first-order chi connectivity index (χ1) is 11.8. The SMILES string of the molecule is CN=C(NCC(c1ccc(C)cc1)N1CCOCC1)N1CCCC1.I. The zero-order valence-electron chi connectivity index (χ0n) is 15.4. The molecule has 2 aliphatic rings. The van der Waals surface area contributed by atoms with Crippen molar-refractivity contribution in [2.24, 2.45) is 4.99 Å². The standard InChI is InChI=1S/C19H30N4O.HI/c1-16-5-7-17(8-6-16)18(22-11-13-24-14-12-22)15-21-19(20-2)23-9-3-4-10-23;/h5-8,18H,3-4,9-15H2,1-2H3,(H,20,21);1H. The van der Waals surface area contributed by atoms with Crippen molar-refractivity contribution in [2.75, 3.05) is 53.0 Å². The van der Waals surface area contributed by atoms with Crippen molar-refractivity contribution in [3.8, 4) is 0 Å². The van der Waals surface area contributed by atoms with Crippen LogP contribution in [0.2, 0.25) is 0 Å². The first-order valence-electron chi connectivity index (χ1n) is 9.12. The Hall–Kier alpha value is -0.860. The van der Waals surface area contributed by atoms with Crippen LogP contribution in [0.3, 0.4) is 0 Å². The van der Waals surface area contributed by atoms with Crippen molar-refractivity contribution in [3.63, 3.8) is 0 Å². The van der Waals surface area contributed by atoms with Crippen molar-refractivity contribution in [2.45, 2.75) is 25.8 Å². The molecule has 0 amide bonds. The zero-order chi connectivity index (χ0) is 16.8. The van der Waals surface area contributed by atoms with E-state index in [2.05, 4.69) is 51.3 Å². The van der Waals surface area contributed by atoms with E-state index in [9.17, 15) is 0 Å². The molecular formula is C19H31IN4O. The van der Waals surface area contributed by atoms with Gasteiger partial charge in [0.05, 0.1) is 19.3 Å². The van der Waals surface area contributed by atoms with E-state index in [4.69, 9.17) is 4.74 Å². The van der Waals surface area contributed by atoms with Crippen LogP contribution in [-0.4, -0.2) is 68.7 Å². The topological polar surface area (TPSA) is 40.1 Å². The van der Waals surface area contributed by atoms with Gasteiger partial charge in [-0.1, -0.05) is 29.8 Å². The largest absolute Gasteiger partial charge is 0.379 e. The molecule has 3 rings (SSSR count). The minimum Gasteiger partial charge on any atom is -0.379 e. The third kappa shape index (κ3) is 5.56. The average Bonchev–Trinajstić information content (AvgIpc) is 3.15. The molecule has 0 spiro atoms. The molecule has 1 unspecified atom stereocenters. The Morgan fingerprint density at radius 3 is 2.36 bits per heavy atom. The van der Waals surface area contributed by atoms with Gasteiger partial charge in [0.1, 0.15) is 0 Å². The van der Waals surface area contributed by atoms with Crippen LogP contribution in [0.4, 0.5) is 0 Å². The molecule has 2 aliphatic heterocycles. The predicted octanol–water partition coefficient (Wildman–Crippen LogP) is 2.66. The highest BCUT2D eigenvalue weighted by molar-refractivity contribution is 14.0. The zero-order valence-corrected chi connectivity index (χ0v) is 17.7. The number of nitrogens with zero attached hydrogens (tertiary/aromatic N) is 3. The highest BCUT2D eigenvalue weighted by atomic mass is 127. The normalized spacial score (nSPS) is 20.2. The van der Waals surface area contributed by atoms with E-state index >= 15 is 0 Å². The fourth-order valence-corrected chi connectivity index (χ4v) is 3.58. The minimum absolute atomic E-state index is 0. The molecule has 0 bridgehead atoms. The van der Waals surface area contributed by atoms with E-state index in [1.54, 1.807) is 0 Å². The molecule has 6 heteroatoms. The second-order valence-electron chi connectivity index (χ2n) is 6.70. The number of morpholine rings is 1. The lowest BCUT2D eigenvalue weighted by Crippen LogP contribution is -2.47. The van der Waals surface area contributed by atoms with E-state index in [0.29, 0.717) is 6.04 Å². The maximum Gasteiger partial charge on any atom is 0.193 e. The van der Waals surface area contributed by atoms with E-state index in [1.165, 1.54) is 24.0 Å². The van der Waals surface area contributed by atoms with Gasteiger partial charge >= 0.3 is 0 Å². The number of aliphatic imine (C=N–C) groups is 1. The van der Waals surface area contributed by atoms with Gasteiger partial charge in [-0.25, -0.2) is 0 Å². The second-order valence-corrected chi connectivity index (χ2v) is 6.70. The maximum atomic E-state index is 5.54. The Morgan fingerprint density at radius 1 is 1.12 bits per heavy atom. The molecule has 1 aromatic rings. The van der Waals surface area contributed by atoms with Gasteiger partial charge < -0.3 is 15.0 Å². The fourth-order valence-electron chi connectivity index (χ4n) is 3.58. The van der Waals surface area contributed by atoms with Crippen LogP contribution in [-0.2, 0) is 4.74 Å². The number of aryl methyl sites for hydroxylation is 1. The number of nitrogens with one attached hydrogen (secondary N) is 1. The lowest BCUT2D eigenvalue weighted by Gasteiger charge is -2.35. The molecule has 0 aliphatic carbocycles. The van der Waals surface area contributed by atoms with Gasteiger partial charge in [0, 0.05) is 39.8 Å². The third-order valence-corrected chi connectivity index (χ3v) is 5.02. The number of likely N-dealkylation sites (tertiary alicyclic amines) is 1. The van der Waals surface area contributed by atoms with Crippen molar-refractivity contribution in [1.82, 2.24) is 15.1 Å². The Morgan fingerprint density at radius 2 is 1.76 bits per heavy atom. The molecule has 2 fully saturated rings. The monoisotopic (exact) mass is 458 g/mol. The number of guanidine groups is 1. The van der Waals surface area contributed by atoms with E-state index in [-0.39, 0.29) is 24.0 Å². The quantitative estimate of drug-likeness (QED) is 0.428. The molecule has 1 aromatic carbocycles. The lowest BCUT2D eigenvalue weighted by molar-refractivity contribution is 0.0169. The maximum absolute atomic E-state index is 5.54. The van der Waals surface area contributed by atoms with Gasteiger partial charge in [0.15, 0.2) is 5.96 Å². The summed E-state index contributed by atoms with van der Waals surface area (Å²) in [4.78, 5) is 9.38. The number of benzene rings is 1. The molecule has 0 aromatic heterocycles. The highest BCUT2D eigenvalue weighted by Gasteiger charge is 2.24. The first kappa shape index (κ1) is 20.5. The Bertz CT molecular complexity index is 537. The van der Waals surface area contributed by atoms with Gasteiger partial charge in [0.2, 0.25) is 0 Å². The van der Waals surface area contributed by atoms with Gasteiger partial charge in [-0.3, -0.25) is 9.89 Å². The molecule has 5 nitrogen and oxygen atoms in total. The van der Waals surface area contributed by atoms with E-state index < -0.39 is 0 Å². The summed E-state index contributed by atoms with van der Waals surface area (Å²) in [5.41, 5.74) is 2.67. The number of hydrogen-bond acceptors (Lipinski definition) is 3. The van der Waals surface area contributed by atoms with Crippen molar-refractivity contribution >= 4 is 29.9 Å². The van der Waals surface area contributed by atoms with Gasteiger partial charge in [0.25, 0.3) is 0 Å². The summed E-state index contributed by atoms with van der Waals surface area (Å²) < 4.78 is 5.54. The average molecular weight is 458 g/mol. The second kappa shape index (κ2) is 10.3. The molecular weight excluding hydrogens is 427 g/mol. The van der Waals surface area contributed by atoms with Gasteiger partial charge in [-0.2, -0.15) is 0 Å². The number of halogens is 1. The summed E-state index contributed by atoms with van der Waals surface area (Å²) in [6.07, 6.45) is 2.54. The molecule has 0 saturated carbocycles. The van der Waals surface area contributed by atoms with Crippen LogP contribution in [0.25, 0.3) is 0 Å². The molecule has 0 radical (unpaired) electrons. The molecule has 1 N–H and O–H groups in total. The number of hydrogen-bond donors (Lipinski definition) is 1. The Labute approximate surface area is 168 Å². The van der Waals surface area contributed by atoms with Crippen LogP contribution in [0, 0.1) is 6.92 Å². The van der Waals surface area contributed by atoms with Crippen molar-refractivity contribution in [1.29, 1.82) is 0 Å². The van der Waals surface area contributed by atoms with Crippen LogP contribution in [0.1, 0.15) is 30.0 Å². The van der Waals surface area contributed by atoms with Gasteiger partial charge in [-0.15, -0.1) is 24.0 Å². The lowest BCUT2D eigenvalue weighted by atomic mass is 10.0. The van der Waals surface area contributed by atoms with Gasteiger partial charge in [-0.05, 0) is 25.3 Å². The van der Waals surface area contributed by atoms with E-state index in [1.807, 2.05) is 7.05 Å². The number of rotatable bonds is 4. The Balaban J connectivity index is 0.00000225. The summed E-state index contributed by atoms with van der Waals surface area (Å²) in [6.45, 7) is 8.88. The van der Waals surface area contributed by atoms with Crippen molar-refractivity contribution in [3.05, 3.63) is 35.4 Å². The van der Waals surface area contributed by atoms with Crippen molar-refractivity contribution < 1.29 is 4.74 Å². The fraction of sp³-hybridized carbons (Fsp3) is 0.632. The van der Waals surface area contributed by atoms with Crippen LogP contribution in [0.5, 0.6) is 0 Å². The Kier molecular flexibility index (Phi) is 8.45. The molecule has 25 heavy (non-hydrogen) atoms. The smallest absolute Gasteiger partial charge is 0.193 e. The summed E-state index contributed by atoms with van der Waals surface area (Å²) in [7, 11) is 1.89. The van der Waals surface area contributed by atoms with Crippen LogP contribution in [0.15, 0.2) is 29.3 Å². The van der Waals surface area contributed by atoms with E-state index in [0.717, 1.165) is 51.9 Å². The molecule has 2 saturated heterocycles. The molecule has 1 atom stereocenters. The summed E-state index contributed by atoms with van der Waals surface area (Å²) >= 11 is 0. The van der Waals surface area contributed by atoms with Crippen LogP contribution < -0.4 is 5.32 Å². The predicted molar refractivity (Wildman–Crippen MR) is 114 cm³/mol. The summed E-state index contributed by atoms with van der Waals surface area (Å²) in [6, 6.07) is 9.29. The summed E-state index contributed by atoms with van der Waals surface area (Å²) in [5.74, 6) is 1.04. The third-order valence-electron chi connectivity index (χ3n) is 5.02.